The fourth-order valence-corrected chi connectivity index (χ4v) is 4.38. The Balaban J connectivity index is 1.24. The van der Waals surface area contributed by atoms with E-state index in [1.807, 2.05) is 24.3 Å². The van der Waals surface area contributed by atoms with Crippen molar-refractivity contribution in [3.05, 3.63) is 83.4 Å². The largest absolute Gasteiger partial charge is 0.497 e. The predicted octanol–water partition coefficient (Wildman–Crippen LogP) is 3.57. The highest BCUT2D eigenvalue weighted by atomic mass is 16.5. The van der Waals surface area contributed by atoms with Crippen LogP contribution in [0, 0.1) is 5.92 Å². The molecule has 0 unspecified atom stereocenters. The lowest BCUT2D eigenvalue weighted by Crippen LogP contribution is -2.39. The molecular formula is C29H32N6O5. The summed E-state index contributed by atoms with van der Waals surface area (Å²) in [7, 11) is 1.57. The predicted molar refractivity (Wildman–Crippen MR) is 148 cm³/mol. The van der Waals surface area contributed by atoms with Gasteiger partial charge in [-0.25, -0.2) is 14.8 Å². The standard InChI is InChI=1S/C29H32N6O5/c1-40-23-9-5-6-20(14-23)17-31-28(38)25-15-24(32-18-33-25)27(37)30-16-19-10-12-22(13-11-19)34-29(39)35-26(36)21-7-3-2-4-8-21/h5-6,9-15,18,21H,2-4,7-8,16-17H2,1H3,(H,30,37)(H,31,38)(H2,34,35,36,39). The smallest absolute Gasteiger partial charge is 0.325 e. The van der Waals surface area contributed by atoms with Crippen molar-refractivity contribution in [1.82, 2.24) is 25.9 Å². The van der Waals surface area contributed by atoms with E-state index in [0.29, 0.717) is 11.4 Å². The third-order valence-electron chi connectivity index (χ3n) is 6.60. The van der Waals surface area contributed by atoms with Crippen molar-refractivity contribution >= 4 is 29.4 Å². The normalized spacial score (nSPS) is 13.1. The highest BCUT2D eigenvalue weighted by Gasteiger charge is 2.22. The van der Waals surface area contributed by atoms with Crippen LogP contribution in [0.2, 0.25) is 0 Å². The first-order chi connectivity index (χ1) is 19.4. The monoisotopic (exact) mass is 544 g/mol. The van der Waals surface area contributed by atoms with Crippen molar-refractivity contribution in [3.8, 4) is 5.75 Å². The Labute approximate surface area is 232 Å². The number of ether oxygens (including phenoxy) is 1. The van der Waals surface area contributed by atoms with Gasteiger partial charge in [-0.15, -0.1) is 0 Å². The molecule has 208 valence electrons. The summed E-state index contributed by atoms with van der Waals surface area (Å²) >= 11 is 0. The van der Waals surface area contributed by atoms with Crippen molar-refractivity contribution in [2.75, 3.05) is 12.4 Å². The van der Waals surface area contributed by atoms with Crippen LogP contribution in [0.15, 0.2) is 60.9 Å². The van der Waals surface area contributed by atoms with Gasteiger partial charge in [0.1, 0.15) is 23.5 Å². The van der Waals surface area contributed by atoms with Gasteiger partial charge in [0.25, 0.3) is 11.8 Å². The number of nitrogens with zero attached hydrogens (tertiary/aromatic N) is 2. The van der Waals surface area contributed by atoms with Crippen molar-refractivity contribution < 1.29 is 23.9 Å². The number of hydrogen-bond donors (Lipinski definition) is 4. The molecule has 2 aromatic carbocycles. The first kappa shape index (κ1) is 28.2. The Morgan fingerprint density at radius 2 is 1.48 bits per heavy atom. The molecule has 1 fully saturated rings. The van der Waals surface area contributed by atoms with Crippen LogP contribution in [0.4, 0.5) is 10.5 Å². The number of urea groups is 1. The van der Waals surface area contributed by atoms with E-state index in [2.05, 4.69) is 31.2 Å². The maximum absolute atomic E-state index is 12.6. The quantitative estimate of drug-likeness (QED) is 0.321. The topological polar surface area (TPSA) is 151 Å². The van der Waals surface area contributed by atoms with Gasteiger partial charge in [-0.3, -0.25) is 19.7 Å². The molecule has 5 amide bonds. The lowest BCUT2D eigenvalue weighted by atomic mass is 9.89. The van der Waals surface area contributed by atoms with Crippen molar-refractivity contribution in [2.24, 2.45) is 5.92 Å². The van der Waals surface area contributed by atoms with Crippen molar-refractivity contribution in [1.29, 1.82) is 0 Å². The average molecular weight is 545 g/mol. The zero-order chi connectivity index (χ0) is 28.3. The number of nitrogens with one attached hydrogen (secondary N) is 4. The van der Waals surface area contributed by atoms with Gasteiger partial charge in [0.05, 0.1) is 7.11 Å². The summed E-state index contributed by atoms with van der Waals surface area (Å²) in [5, 5.41) is 10.6. The van der Waals surface area contributed by atoms with Gasteiger partial charge in [0.2, 0.25) is 5.91 Å². The second-order valence-electron chi connectivity index (χ2n) is 9.48. The number of hydrogen-bond acceptors (Lipinski definition) is 7. The van der Waals surface area contributed by atoms with Crippen LogP contribution >= 0.6 is 0 Å². The number of imide groups is 1. The number of benzene rings is 2. The van der Waals surface area contributed by atoms with E-state index < -0.39 is 17.8 Å². The molecule has 0 aliphatic heterocycles. The minimum absolute atomic E-state index is 0.0547. The van der Waals surface area contributed by atoms with Crippen LogP contribution in [-0.2, 0) is 17.9 Å². The van der Waals surface area contributed by atoms with Gasteiger partial charge in [-0.1, -0.05) is 43.5 Å². The average Bonchev–Trinajstić information content (AvgIpc) is 2.99. The van der Waals surface area contributed by atoms with E-state index in [0.717, 1.165) is 43.2 Å². The molecule has 1 saturated carbocycles. The molecule has 1 heterocycles. The second kappa shape index (κ2) is 13.8. The Bertz CT molecular complexity index is 1360. The van der Waals surface area contributed by atoms with Crippen LogP contribution in [-0.4, -0.2) is 40.8 Å². The summed E-state index contributed by atoms with van der Waals surface area (Å²) in [6.07, 6.45) is 5.94. The Morgan fingerprint density at radius 3 is 2.12 bits per heavy atom. The van der Waals surface area contributed by atoms with E-state index >= 15 is 0 Å². The van der Waals surface area contributed by atoms with Crippen LogP contribution < -0.4 is 26.0 Å². The lowest BCUT2D eigenvalue weighted by molar-refractivity contribution is -0.124. The highest BCUT2D eigenvalue weighted by Crippen LogP contribution is 2.23. The van der Waals surface area contributed by atoms with Gasteiger partial charge in [0.15, 0.2) is 0 Å². The molecule has 0 saturated heterocycles. The SMILES string of the molecule is COc1cccc(CNC(=O)c2cc(C(=O)NCc3ccc(NC(=O)NC(=O)C4CCCCC4)cc3)ncn2)c1. The van der Waals surface area contributed by atoms with Gasteiger partial charge in [-0.05, 0) is 48.2 Å². The molecule has 1 aromatic heterocycles. The zero-order valence-corrected chi connectivity index (χ0v) is 22.2. The molecular weight excluding hydrogens is 512 g/mol. The summed E-state index contributed by atoms with van der Waals surface area (Å²) in [6, 6.07) is 14.9. The summed E-state index contributed by atoms with van der Waals surface area (Å²) in [5.41, 5.74) is 2.28. The summed E-state index contributed by atoms with van der Waals surface area (Å²) in [6.45, 7) is 0.470. The molecule has 0 atom stereocenters. The van der Waals surface area contributed by atoms with Crippen LogP contribution in [0.3, 0.4) is 0 Å². The molecule has 11 nitrogen and oxygen atoms in total. The maximum atomic E-state index is 12.6. The molecule has 3 aromatic rings. The number of aromatic nitrogens is 2. The zero-order valence-electron chi connectivity index (χ0n) is 22.2. The third kappa shape index (κ3) is 8.10. The molecule has 1 aliphatic carbocycles. The fraction of sp³-hybridized carbons (Fsp3) is 0.310. The number of rotatable bonds is 9. The summed E-state index contributed by atoms with van der Waals surface area (Å²) in [5.74, 6) is -0.562. The molecule has 40 heavy (non-hydrogen) atoms. The fourth-order valence-electron chi connectivity index (χ4n) is 4.38. The molecule has 0 radical (unpaired) electrons. The molecule has 0 spiro atoms. The molecule has 4 rings (SSSR count). The number of carbonyl (C=O) groups excluding carboxylic acids is 4. The summed E-state index contributed by atoms with van der Waals surface area (Å²) in [4.78, 5) is 57.6. The maximum Gasteiger partial charge on any atom is 0.325 e. The first-order valence-electron chi connectivity index (χ1n) is 13.1. The highest BCUT2D eigenvalue weighted by molar-refractivity contribution is 6.02. The summed E-state index contributed by atoms with van der Waals surface area (Å²) < 4.78 is 5.19. The van der Waals surface area contributed by atoms with Gasteiger partial charge < -0.3 is 20.7 Å². The Hall–Kier alpha value is -4.80. The molecule has 0 bridgehead atoms. The van der Waals surface area contributed by atoms with Crippen LogP contribution in [0.1, 0.15) is 64.2 Å². The minimum Gasteiger partial charge on any atom is -0.497 e. The Kier molecular flexibility index (Phi) is 9.76. The Morgan fingerprint density at radius 1 is 0.825 bits per heavy atom. The number of amides is 5. The van der Waals surface area contributed by atoms with E-state index in [4.69, 9.17) is 4.74 Å². The lowest BCUT2D eigenvalue weighted by Gasteiger charge is -2.20. The van der Waals surface area contributed by atoms with Crippen molar-refractivity contribution in [3.63, 3.8) is 0 Å². The van der Waals surface area contributed by atoms with Crippen LogP contribution in [0.5, 0.6) is 5.75 Å². The number of methoxy groups -OCH3 is 1. The van der Waals surface area contributed by atoms with Gasteiger partial charge in [-0.2, -0.15) is 0 Å². The van der Waals surface area contributed by atoms with Crippen LogP contribution in [0.25, 0.3) is 0 Å². The molecule has 11 heteroatoms. The van der Waals surface area contributed by atoms with E-state index in [9.17, 15) is 19.2 Å². The first-order valence-corrected chi connectivity index (χ1v) is 13.1. The second-order valence-corrected chi connectivity index (χ2v) is 9.48. The van der Waals surface area contributed by atoms with E-state index in [-0.39, 0.29) is 36.3 Å². The van der Waals surface area contributed by atoms with Gasteiger partial charge in [0, 0.05) is 30.8 Å². The van der Waals surface area contributed by atoms with E-state index in [1.165, 1.54) is 12.4 Å². The minimum atomic E-state index is -0.566. The molecule has 1 aliphatic rings. The third-order valence-corrected chi connectivity index (χ3v) is 6.60. The van der Waals surface area contributed by atoms with Crippen molar-refractivity contribution in [2.45, 2.75) is 45.2 Å². The number of anilines is 1. The molecule has 4 N–H and O–H groups in total. The van der Waals surface area contributed by atoms with Gasteiger partial charge >= 0.3 is 6.03 Å². The van der Waals surface area contributed by atoms with E-state index in [1.54, 1.807) is 31.4 Å². The number of carbonyl (C=O) groups is 4.